The Hall–Kier alpha value is -2.41. The molecule has 0 unspecified atom stereocenters. The largest absolute Gasteiger partial charge is 0.466 e. The van der Waals surface area contributed by atoms with Gasteiger partial charge in [0.05, 0.1) is 17.7 Å². The quantitative estimate of drug-likeness (QED) is 0.488. The lowest BCUT2D eigenvalue weighted by Crippen LogP contribution is -2.24. The lowest BCUT2D eigenvalue weighted by Gasteiger charge is -2.09. The Morgan fingerprint density at radius 2 is 1.95 bits per heavy atom. The highest BCUT2D eigenvalue weighted by molar-refractivity contribution is 8.18. The standard InChI is InChI=1S/C15H15N3O3S/c1-10(2)17-18-14(20)12(9-13(19)21-3)22-15(18)16-11-7-5-4-6-8-11/h4-9H,1-3H3. The van der Waals surface area contributed by atoms with E-state index in [1.54, 1.807) is 13.8 Å². The van der Waals surface area contributed by atoms with Gasteiger partial charge in [0.15, 0.2) is 5.17 Å². The maximum Gasteiger partial charge on any atom is 0.331 e. The molecule has 0 saturated carbocycles. The van der Waals surface area contributed by atoms with Crippen molar-refractivity contribution in [3.8, 4) is 0 Å². The number of carbonyl (C=O) groups excluding carboxylic acids is 2. The van der Waals surface area contributed by atoms with Crippen molar-refractivity contribution in [1.82, 2.24) is 5.01 Å². The summed E-state index contributed by atoms with van der Waals surface area (Å²) in [5, 5.41) is 5.77. The van der Waals surface area contributed by atoms with Crippen LogP contribution in [0.25, 0.3) is 0 Å². The maximum atomic E-state index is 12.3. The number of hydrazone groups is 1. The molecule has 0 radical (unpaired) electrons. The second kappa shape index (κ2) is 7.04. The molecule has 1 fully saturated rings. The first-order valence-electron chi connectivity index (χ1n) is 6.48. The third kappa shape index (κ3) is 3.82. The number of hydrogen-bond acceptors (Lipinski definition) is 6. The Balaban J connectivity index is 2.41. The fourth-order valence-electron chi connectivity index (χ4n) is 1.60. The van der Waals surface area contributed by atoms with E-state index in [0.29, 0.717) is 16.6 Å². The molecule has 114 valence electrons. The van der Waals surface area contributed by atoms with Gasteiger partial charge >= 0.3 is 5.97 Å². The number of ether oxygens (including phenoxy) is 1. The molecule has 0 aliphatic carbocycles. The molecule has 1 amide bonds. The normalized spacial score (nSPS) is 18.0. The van der Waals surface area contributed by atoms with Crippen molar-refractivity contribution in [2.45, 2.75) is 13.8 Å². The summed E-state index contributed by atoms with van der Waals surface area (Å²) < 4.78 is 4.56. The van der Waals surface area contributed by atoms with Crippen LogP contribution in [0.2, 0.25) is 0 Å². The van der Waals surface area contributed by atoms with Crippen molar-refractivity contribution in [1.29, 1.82) is 0 Å². The van der Waals surface area contributed by atoms with Gasteiger partial charge in [-0.2, -0.15) is 10.1 Å². The lowest BCUT2D eigenvalue weighted by atomic mass is 10.3. The van der Waals surface area contributed by atoms with Gasteiger partial charge in [0.2, 0.25) is 0 Å². The molecule has 0 atom stereocenters. The van der Waals surface area contributed by atoms with Crippen molar-refractivity contribution in [2.24, 2.45) is 10.1 Å². The molecule has 1 aliphatic rings. The fraction of sp³-hybridized carbons (Fsp3) is 0.200. The number of aliphatic imine (C=N–C) groups is 1. The number of hydrogen-bond donors (Lipinski definition) is 0. The molecule has 0 spiro atoms. The number of carbonyl (C=O) groups is 2. The smallest absolute Gasteiger partial charge is 0.331 e. The minimum Gasteiger partial charge on any atom is -0.466 e. The zero-order chi connectivity index (χ0) is 16.1. The van der Waals surface area contributed by atoms with Gasteiger partial charge in [-0.05, 0) is 37.7 Å². The highest BCUT2D eigenvalue weighted by atomic mass is 32.2. The van der Waals surface area contributed by atoms with Crippen LogP contribution in [0.5, 0.6) is 0 Å². The van der Waals surface area contributed by atoms with Crippen LogP contribution in [0.15, 0.2) is 51.4 Å². The van der Waals surface area contributed by atoms with E-state index in [4.69, 9.17) is 0 Å². The second-order valence-corrected chi connectivity index (χ2v) is 5.54. The van der Waals surface area contributed by atoms with Gasteiger partial charge in [-0.15, -0.1) is 0 Å². The summed E-state index contributed by atoms with van der Waals surface area (Å²) in [7, 11) is 1.26. The zero-order valence-electron chi connectivity index (χ0n) is 12.4. The summed E-state index contributed by atoms with van der Waals surface area (Å²) in [6.45, 7) is 3.56. The Labute approximate surface area is 132 Å². The fourth-order valence-corrected chi connectivity index (χ4v) is 2.49. The van der Waals surface area contributed by atoms with E-state index in [0.717, 1.165) is 17.8 Å². The van der Waals surface area contributed by atoms with Crippen LogP contribution >= 0.6 is 11.8 Å². The molecule has 2 rings (SSSR count). The van der Waals surface area contributed by atoms with E-state index < -0.39 is 11.9 Å². The first-order valence-corrected chi connectivity index (χ1v) is 7.30. The zero-order valence-corrected chi connectivity index (χ0v) is 13.3. The van der Waals surface area contributed by atoms with Gasteiger partial charge in [-0.25, -0.2) is 9.79 Å². The highest BCUT2D eigenvalue weighted by Crippen LogP contribution is 2.33. The number of thioether (sulfide) groups is 1. The van der Waals surface area contributed by atoms with E-state index in [1.807, 2.05) is 30.3 Å². The van der Waals surface area contributed by atoms with E-state index in [-0.39, 0.29) is 4.91 Å². The Kier molecular flexibility index (Phi) is 5.11. The van der Waals surface area contributed by atoms with Crippen molar-refractivity contribution >= 4 is 40.2 Å². The number of methoxy groups -OCH3 is 1. The van der Waals surface area contributed by atoms with Crippen LogP contribution in [-0.4, -0.2) is 34.9 Å². The molecular weight excluding hydrogens is 302 g/mol. The Bertz CT molecular complexity index is 677. The molecular formula is C15H15N3O3S. The maximum absolute atomic E-state index is 12.3. The van der Waals surface area contributed by atoms with Crippen molar-refractivity contribution in [3.05, 3.63) is 41.3 Å². The summed E-state index contributed by atoms with van der Waals surface area (Å²) in [4.78, 5) is 28.3. The van der Waals surface area contributed by atoms with Gasteiger partial charge in [0.1, 0.15) is 0 Å². The monoisotopic (exact) mass is 317 g/mol. The predicted octanol–water partition coefficient (Wildman–Crippen LogP) is 2.70. The summed E-state index contributed by atoms with van der Waals surface area (Å²) in [6, 6.07) is 9.22. The van der Waals surface area contributed by atoms with Gasteiger partial charge in [0, 0.05) is 11.8 Å². The van der Waals surface area contributed by atoms with E-state index in [2.05, 4.69) is 14.8 Å². The van der Waals surface area contributed by atoms with E-state index in [9.17, 15) is 9.59 Å². The summed E-state index contributed by atoms with van der Waals surface area (Å²) in [5.74, 6) is -0.986. The topological polar surface area (TPSA) is 71.3 Å². The van der Waals surface area contributed by atoms with Crippen LogP contribution in [0, 0.1) is 0 Å². The molecule has 1 aliphatic heterocycles. The third-order valence-corrected chi connectivity index (χ3v) is 3.48. The predicted molar refractivity (Wildman–Crippen MR) is 86.9 cm³/mol. The van der Waals surface area contributed by atoms with Crippen LogP contribution in [0.3, 0.4) is 0 Å². The average Bonchev–Trinajstić information content (AvgIpc) is 2.76. The van der Waals surface area contributed by atoms with Gasteiger partial charge < -0.3 is 4.74 Å². The average molecular weight is 317 g/mol. The van der Waals surface area contributed by atoms with Crippen molar-refractivity contribution in [2.75, 3.05) is 7.11 Å². The molecule has 0 bridgehead atoms. The summed E-state index contributed by atoms with van der Waals surface area (Å²) >= 11 is 1.09. The molecule has 7 heteroatoms. The molecule has 6 nitrogen and oxygen atoms in total. The SMILES string of the molecule is COC(=O)C=C1SC(=Nc2ccccc2)N(N=C(C)C)C1=O. The number of nitrogens with zero attached hydrogens (tertiary/aromatic N) is 3. The number of benzene rings is 1. The molecule has 1 aromatic carbocycles. The van der Waals surface area contributed by atoms with E-state index >= 15 is 0 Å². The van der Waals surface area contributed by atoms with Crippen molar-refractivity contribution in [3.63, 3.8) is 0 Å². The molecule has 0 aromatic heterocycles. The molecule has 22 heavy (non-hydrogen) atoms. The number of para-hydroxylation sites is 1. The molecule has 1 aromatic rings. The number of amidine groups is 1. The van der Waals surface area contributed by atoms with Gasteiger partial charge in [0.25, 0.3) is 5.91 Å². The number of rotatable bonds is 3. The first-order chi connectivity index (χ1) is 10.5. The Morgan fingerprint density at radius 1 is 1.27 bits per heavy atom. The highest BCUT2D eigenvalue weighted by Gasteiger charge is 2.34. The Morgan fingerprint density at radius 3 is 2.55 bits per heavy atom. The second-order valence-electron chi connectivity index (χ2n) is 4.53. The van der Waals surface area contributed by atoms with E-state index in [1.165, 1.54) is 12.1 Å². The third-order valence-electron chi connectivity index (χ3n) is 2.52. The molecule has 1 heterocycles. The number of esters is 1. The minimum absolute atomic E-state index is 0.228. The minimum atomic E-state index is -0.589. The van der Waals surface area contributed by atoms with Gasteiger partial charge in [-0.1, -0.05) is 18.2 Å². The van der Waals surface area contributed by atoms with Gasteiger partial charge in [-0.3, -0.25) is 4.79 Å². The lowest BCUT2D eigenvalue weighted by molar-refractivity contribution is -0.135. The summed E-state index contributed by atoms with van der Waals surface area (Å²) in [5.41, 5.74) is 1.40. The summed E-state index contributed by atoms with van der Waals surface area (Å²) in [6.07, 6.45) is 1.15. The van der Waals surface area contributed by atoms with Crippen LogP contribution in [0.1, 0.15) is 13.8 Å². The molecule has 1 saturated heterocycles. The van der Waals surface area contributed by atoms with Crippen LogP contribution < -0.4 is 0 Å². The number of amides is 1. The van der Waals surface area contributed by atoms with Crippen LogP contribution in [0.4, 0.5) is 5.69 Å². The first kappa shape index (κ1) is 16.0. The van der Waals surface area contributed by atoms with Crippen molar-refractivity contribution < 1.29 is 14.3 Å². The van der Waals surface area contributed by atoms with Crippen LogP contribution in [-0.2, 0) is 14.3 Å². The molecule has 0 N–H and O–H groups in total.